The lowest BCUT2D eigenvalue weighted by Crippen LogP contribution is -1.88. The first kappa shape index (κ1) is 11.2. The van der Waals surface area contributed by atoms with Gasteiger partial charge in [-0.05, 0) is 48.2 Å². The summed E-state index contributed by atoms with van der Waals surface area (Å²) in [4.78, 5) is 0. The normalized spacial score (nSPS) is 13.2. The number of halogens is 1. The number of ether oxygens (including phenoxy) is 1. The Morgan fingerprint density at radius 3 is 2.33 bits per heavy atom. The van der Waals surface area contributed by atoms with Crippen molar-refractivity contribution in [2.24, 2.45) is 0 Å². The number of aromatic hydroxyl groups is 2. The van der Waals surface area contributed by atoms with Crippen LogP contribution in [0.15, 0.2) is 30.3 Å². The van der Waals surface area contributed by atoms with Crippen LogP contribution in [0.1, 0.15) is 11.1 Å². The van der Waals surface area contributed by atoms with Gasteiger partial charge >= 0.3 is 0 Å². The summed E-state index contributed by atoms with van der Waals surface area (Å²) < 4.78 is 5.76. The zero-order chi connectivity index (χ0) is 12.7. The molecule has 18 heavy (non-hydrogen) atoms. The monoisotopic (exact) mass is 262 g/mol. The maximum Gasteiger partial charge on any atom is 0.161 e. The summed E-state index contributed by atoms with van der Waals surface area (Å²) in [5.41, 5.74) is 1.90. The maximum absolute atomic E-state index is 9.51. The number of phenols is 2. The van der Waals surface area contributed by atoms with Gasteiger partial charge in [-0.25, -0.2) is 0 Å². The highest BCUT2D eigenvalue weighted by molar-refractivity contribution is 6.30. The standard InChI is InChI=1S/C14H11ClO3/c15-10-3-4-13-8(5-10)1-2-9-6-11(16)12(17)7-14(9)18-13/h3-7,16-17H,1-2H2. The first-order valence-corrected chi connectivity index (χ1v) is 6.02. The Bertz CT molecular complexity index is 623. The number of hydrogen-bond donors (Lipinski definition) is 2. The smallest absolute Gasteiger partial charge is 0.161 e. The maximum atomic E-state index is 9.51. The Kier molecular flexibility index (Phi) is 2.56. The molecule has 2 N–H and O–H groups in total. The van der Waals surface area contributed by atoms with Crippen molar-refractivity contribution in [3.63, 3.8) is 0 Å². The molecule has 1 aliphatic rings. The lowest BCUT2D eigenvalue weighted by Gasteiger charge is -2.10. The molecule has 2 aromatic carbocycles. The molecule has 0 unspecified atom stereocenters. The van der Waals surface area contributed by atoms with Gasteiger partial charge in [0.2, 0.25) is 0 Å². The summed E-state index contributed by atoms with van der Waals surface area (Å²) in [7, 11) is 0. The molecule has 0 aromatic heterocycles. The van der Waals surface area contributed by atoms with Crippen LogP contribution in [0, 0.1) is 0 Å². The Morgan fingerprint density at radius 1 is 0.889 bits per heavy atom. The predicted octanol–water partition coefficient (Wildman–Crippen LogP) is 3.64. The fourth-order valence-electron chi connectivity index (χ4n) is 2.12. The average molecular weight is 263 g/mol. The average Bonchev–Trinajstić information content (AvgIpc) is 2.50. The van der Waals surface area contributed by atoms with Crippen LogP contribution in [-0.4, -0.2) is 10.2 Å². The van der Waals surface area contributed by atoms with Crippen molar-refractivity contribution in [1.29, 1.82) is 0 Å². The van der Waals surface area contributed by atoms with E-state index in [-0.39, 0.29) is 11.5 Å². The molecule has 0 saturated heterocycles. The van der Waals surface area contributed by atoms with E-state index in [1.807, 2.05) is 12.1 Å². The molecule has 3 rings (SSSR count). The fraction of sp³-hybridized carbons (Fsp3) is 0.143. The van der Waals surface area contributed by atoms with E-state index in [0.717, 1.165) is 29.7 Å². The molecule has 0 atom stereocenters. The second-order valence-corrected chi connectivity index (χ2v) is 4.74. The molecule has 0 amide bonds. The van der Waals surface area contributed by atoms with Crippen LogP contribution in [0.4, 0.5) is 0 Å². The van der Waals surface area contributed by atoms with Crippen molar-refractivity contribution in [1.82, 2.24) is 0 Å². The molecular formula is C14H11ClO3. The number of fused-ring (bicyclic) bond motifs is 2. The van der Waals surface area contributed by atoms with E-state index in [0.29, 0.717) is 10.8 Å². The molecule has 2 aromatic rings. The van der Waals surface area contributed by atoms with E-state index in [9.17, 15) is 10.2 Å². The molecule has 3 nitrogen and oxygen atoms in total. The van der Waals surface area contributed by atoms with Crippen molar-refractivity contribution in [3.8, 4) is 23.0 Å². The van der Waals surface area contributed by atoms with Crippen LogP contribution in [0.2, 0.25) is 5.02 Å². The van der Waals surface area contributed by atoms with Gasteiger partial charge in [0.1, 0.15) is 11.5 Å². The third-order valence-electron chi connectivity index (χ3n) is 3.06. The van der Waals surface area contributed by atoms with E-state index in [2.05, 4.69) is 0 Å². The number of hydrogen-bond acceptors (Lipinski definition) is 3. The van der Waals surface area contributed by atoms with Crippen molar-refractivity contribution >= 4 is 11.6 Å². The van der Waals surface area contributed by atoms with Crippen LogP contribution in [0.25, 0.3) is 0 Å². The number of phenolic OH excluding ortho intramolecular Hbond substituents is 2. The van der Waals surface area contributed by atoms with Gasteiger partial charge in [0.15, 0.2) is 11.5 Å². The quantitative estimate of drug-likeness (QED) is 0.713. The third-order valence-corrected chi connectivity index (χ3v) is 3.30. The van der Waals surface area contributed by atoms with Gasteiger partial charge in [0, 0.05) is 11.1 Å². The first-order valence-electron chi connectivity index (χ1n) is 5.64. The van der Waals surface area contributed by atoms with Crippen molar-refractivity contribution in [2.45, 2.75) is 12.8 Å². The minimum Gasteiger partial charge on any atom is -0.504 e. The summed E-state index contributed by atoms with van der Waals surface area (Å²) in [5.74, 6) is 1.02. The molecule has 92 valence electrons. The van der Waals surface area contributed by atoms with Crippen LogP contribution < -0.4 is 4.74 Å². The fourth-order valence-corrected chi connectivity index (χ4v) is 2.32. The van der Waals surface area contributed by atoms with Gasteiger partial charge < -0.3 is 14.9 Å². The molecule has 0 saturated carbocycles. The molecular weight excluding hydrogens is 252 g/mol. The Balaban J connectivity index is 2.09. The lowest BCUT2D eigenvalue weighted by molar-refractivity contribution is 0.397. The molecule has 1 aliphatic heterocycles. The van der Waals surface area contributed by atoms with E-state index >= 15 is 0 Å². The largest absolute Gasteiger partial charge is 0.504 e. The van der Waals surface area contributed by atoms with Crippen molar-refractivity contribution in [3.05, 3.63) is 46.5 Å². The highest BCUT2D eigenvalue weighted by Gasteiger charge is 2.17. The highest BCUT2D eigenvalue weighted by atomic mass is 35.5. The Hall–Kier alpha value is -1.87. The van der Waals surface area contributed by atoms with E-state index in [4.69, 9.17) is 16.3 Å². The van der Waals surface area contributed by atoms with Crippen molar-refractivity contribution in [2.75, 3.05) is 0 Å². The number of rotatable bonds is 0. The summed E-state index contributed by atoms with van der Waals surface area (Å²) in [6.07, 6.45) is 1.52. The second-order valence-electron chi connectivity index (χ2n) is 4.30. The molecule has 4 heteroatoms. The SMILES string of the molecule is Oc1cc2c(cc1O)Oc1ccc(Cl)cc1CC2. The number of aryl methyl sites for hydroxylation is 2. The van der Waals surface area contributed by atoms with Gasteiger partial charge in [-0.1, -0.05) is 11.6 Å². The molecule has 0 spiro atoms. The highest BCUT2D eigenvalue weighted by Crippen LogP contribution is 2.39. The van der Waals surface area contributed by atoms with Crippen LogP contribution in [0.3, 0.4) is 0 Å². The van der Waals surface area contributed by atoms with E-state index in [1.54, 1.807) is 6.07 Å². The second kappa shape index (κ2) is 4.10. The van der Waals surface area contributed by atoms with Crippen LogP contribution >= 0.6 is 11.6 Å². The summed E-state index contributed by atoms with van der Waals surface area (Å²) in [5, 5.41) is 19.7. The van der Waals surface area contributed by atoms with Gasteiger partial charge in [-0.15, -0.1) is 0 Å². The van der Waals surface area contributed by atoms with Gasteiger partial charge in [-0.2, -0.15) is 0 Å². The van der Waals surface area contributed by atoms with Gasteiger partial charge in [0.25, 0.3) is 0 Å². The summed E-state index contributed by atoms with van der Waals surface area (Å²) >= 11 is 5.96. The minimum absolute atomic E-state index is 0.124. The van der Waals surface area contributed by atoms with Crippen molar-refractivity contribution < 1.29 is 14.9 Å². The van der Waals surface area contributed by atoms with Gasteiger partial charge in [-0.3, -0.25) is 0 Å². The predicted molar refractivity (Wildman–Crippen MR) is 68.7 cm³/mol. The molecule has 1 heterocycles. The van der Waals surface area contributed by atoms with Gasteiger partial charge in [0.05, 0.1) is 0 Å². The van der Waals surface area contributed by atoms with Crippen LogP contribution in [0.5, 0.6) is 23.0 Å². The molecule has 0 aliphatic carbocycles. The third kappa shape index (κ3) is 1.87. The lowest BCUT2D eigenvalue weighted by atomic mass is 10.0. The van der Waals surface area contributed by atoms with Crippen LogP contribution in [-0.2, 0) is 12.8 Å². The zero-order valence-corrected chi connectivity index (χ0v) is 10.2. The summed E-state index contributed by atoms with van der Waals surface area (Å²) in [6, 6.07) is 8.44. The van der Waals surface area contributed by atoms with E-state index < -0.39 is 0 Å². The molecule has 0 bridgehead atoms. The Morgan fingerprint density at radius 2 is 1.56 bits per heavy atom. The Labute approximate surface area is 109 Å². The summed E-state index contributed by atoms with van der Waals surface area (Å²) in [6.45, 7) is 0. The van der Waals surface area contributed by atoms with E-state index in [1.165, 1.54) is 12.1 Å². The first-order chi connectivity index (χ1) is 8.63. The molecule has 0 radical (unpaired) electrons. The molecule has 0 fully saturated rings. The minimum atomic E-state index is -0.175. The number of benzene rings is 2. The zero-order valence-electron chi connectivity index (χ0n) is 9.48. The topological polar surface area (TPSA) is 49.7 Å².